The van der Waals surface area contributed by atoms with Gasteiger partial charge in [-0.25, -0.2) is 0 Å². The van der Waals surface area contributed by atoms with Crippen LogP contribution in [0.5, 0.6) is 0 Å². The summed E-state index contributed by atoms with van der Waals surface area (Å²) in [6, 6.07) is 11.3. The highest BCUT2D eigenvalue weighted by Gasteiger charge is 2.16. The van der Waals surface area contributed by atoms with Crippen molar-refractivity contribution in [2.45, 2.75) is 31.7 Å². The summed E-state index contributed by atoms with van der Waals surface area (Å²) in [7, 11) is 0. The van der Waals surface area contributed by atoms with Crippen LogP contribution in [0.3, 0.4) is 0 Å². The van der Waals surface area contributed by atoms with Gasteiger partial charge in [0.15, 0.2) is 0 Å². The van der Waals surface area contributed by atoms with Gasteiger partial charge in [-0.3, -0.25) is 11.3 Å². The molecule has 1 aliphatic rings. The molecule has 100 valence electrons. The Bertz CT molecular complexity index is 579. The van der Waals surface area contributed by atoms with Crippen molar-refractivity contribution in [2.75, 3.05) is 0 Å². The molecule has 2 aromatic rings. The molecule has 1 aliphatic carbocycles. The lowest BCUT2D eigenvalue weighted by Gasteiger charge is -2.16. The highest BCUT2D eigenvalue weighted by Crippen LogP contribution is 2.29. The number of aryl methyl sites for hydroxylation is 2. The van der Waals surface area contributed by atoms with Gasteiger partial charge in [0.25, 0.3) is 0 Å². The van der Waals surface area contributed by atoms with Crippen molar-refractivity contribution in [2.24, 2.45) is 5.84 Å². The van der Waals surface area contributed by atoms with Crippen molar-refractivity contribution >= 4 is 27.3 Å². The number of hydrogen-bond acceptors (Lipinski definition) is 3. The maximum absolute atomic E-state index is 5.75. The molecule has 3 N–H and O–H groups in total. The molecule has 2 nitrogen and oxygen atoms in total. The standard InChI is InChI=1S/C15H17BrN2S/c16-15-7-6-13(19-15)9-14(18-17)12-5-4-10-2-1-3-11(10)8-12/h4-8,14,18H,1-3,9,17H2. The van der Waals surface area contributed by atoms with E-state index in [1.54, 1.807) is 11.3 Å². The Morgan fingerprint density at radius 2 is 2.05 bits per heavy atom. The van der Waals surface area contributed by atoms with E-state index >= 15 is 0 Å². The van der Waals surface area contributed by atoms with Gasteiger partial charge < -0.3 is 0 Å². The van der Waals surface area contributed by atoms with E-state index in [0.717, 1.165) is 6.42 Å². The Morgan fingerprint density at radius 3 is 2.79 bits per heavy atom. The lowest BCUT2D eigenvalue weighted by atomic mass is 9.99. The van der Waals surface area contributed by atoms with Crippen molar-refractivity contribution in [1.29, 1.82) is 0 Å². The first-order chi connectivity index (χ1) is 9.26. The summed E-state index contributed by atoms with van der Waals surface area (Å²) in [5.41, 5.74) is 7.27. The molecule has 0 fully saturated rings. The van der Waals surface area contributed by atoms with Gasteiger partial charge in [-0.15, -0.1) is 11.3 Å². The molecule has 0 saturated heterocycles. The summed E-state index contributed by atoms with van der Waals surface area (Å²) < 4.78 is 1.17. The first kappa shape index (κ1) is 13.3. The minimum Gasteiger partial charge on any atom is -0.271 e. The Balaban J connectivity index is 1.82. The summed E-state index contributed by atoms with van der Waals surface area (Å²) in [6.07, 6.45) is 4.67. The fourth-order valence-electron chi connectivity index (χ4n) is 2.74. The zero-order valence-corrected chi connectivity index (χ0v) is 13.1. The Morgan fingerprint density at radius 1 is 1.21 bits per heavy atom. The predicted octanol–water partition coefficient (Wildman–Crippen LogP) is 3.75. The number of halogens is 1. The first-order valence-corrected chi connectivity index (χ1v) is 8.19. The number of hydrogen-bond donors (Lipinski definition) is 2. The third kappa shape index (κ3) is 2.92. The number of benzene rings is 1. The quantitative estimate of drug-likeness (QED) is 0.659. The average Bonchev–Trinajstić information content (AvgIpc) is 3.03. The number of rotatable bonds is 4. The van der Waals surface area contributed by atoms with Gasteiger partial charge in [-0.05, 0) is 64.0 Å². The molecule has 1 aromatic heterocycles. The van der Waals surface area contributed by atoms with Crippen molar-refractivity contribution in [1.82, 2.24) is 5.43 Å². The third-order valence-corrected chi connectivity index (χ3v) is 5.41. The SMILES string of the molecule is NNC(Cc1ccc(Br)s1)c1ccc2c(c1)CCC2. The van der Waals surface area contributed by atoms with Gasteiger partial charge in [0.2, 0.25) is 0 Å². The lowest BCUT2D eigenvalue weighted by Crippen LogP contribution is -2.29. The predicted molar refractivity (Wildman–Crippen MR) is 84.3 cm³/mol. The minimum atomic E-state index is 0.191. The van der Waals surface area contributed by atoms with Crippen LogP contribution in [-0.2, 0) is 19.3 Å². The minimum absolute atomic E-state index is 0.191. The van der Waals surface area contributed by atoms with Gasteiger partial charge in [0.1, 0.15) is 0 Å². The second-order valence-corrected chi connectivity index (χ2v) is 7.56. The zero-order chi connectivity index (χ0) is 13.2. The molecule has 0 aliphatic heterocycles. The van der Waals surface area contributed by atoms with E-state index in [1.807, 2.05) is 0 Å². The van der Waals surface area contributed by atoms with E-state index in [1.165, 1.54) is 44.6 Å². The maximum atomic E-state index is 5.75. The van der Waals surface area contributed by atoms with Gasteiger partial charge >= 0.3 is 0 Å². The van der Waals surface area contributed by atoms with E-state index < -0.39 is 0 Å². The van der Waals surface area contributed by atoms with E-state index in [4.69, 9.17) is 5.84 Å². The molecule has 0 amide bonds. The zero-order valence-electron chi connectivity index (χ0n) is 10.7. The molecule has 19 heavy (non-hydrogen) atoms. The normalized spacial score (nSPS) is 15.5. The summed E-state index contributed by atoms with van der Waals surface area (Å²) in [4.78, 5) is 1.34. The van der Waals surface area contributed by atoms with Crippen LogP contribution in [0.2, 0.25) is 0 Å². The fourth-order valence-corrected chi connectivity index (χ4v) is 4.27. The third-order valence-electron chi connectivity index (χ3n) is 3.76. The average molecular weight is 337 g/mol. The molecule has 1 aromatic carbocycles. The molecular formula is C15H17BrN2S. The molecular weight excluding hydrogens is 320 g/mol. The van der Waals surface area contributed by atoms with Crippen LogP contribution in [0, 0.1) is 0 Å². The Kier molecular flexibility index (Phi) is 4.03. The van der Waals surface area contributed by atoms with Crippen LogP contribution < -0.4 is 11.3 Å². The molecule has 1 heterocycles. The maximum Gasteiger partial charge on any atom is 0.0701 e. The van der Waals surface area contributed by atoms with Crippen molar-refractivity contribution in [3.63, 3.8) is 0 Å². The number of nitrogens with one attached hydrogen (secondary N) is 1. The first-order valence-electron chi connectivity index (χ1n) is 6.58. The largest absolute Gasteiger partial charge is 0.271 e. The molecule has 0 spiro atoms. The molecule has 1 unspecified atom stereocenters. The topological polar surface area (TPSA) is 38.0 Å². The van der Waals surface area contributed by atoms with E-state index in [2.05, 4.69) is 51.7 Å². The van der Waals surface area contributed by atoms with Crippen LogP contribution in [0.4, 0.5) is 0 Å². The summed E-state index contributed by atoms with van der Waals surface area (Å²) in [5.74, 6) is 5.75. The molecule has 0 saturated carbocycles. The molecule has 0 radical (unpaired) electrons. The number of nitrogens with two attached hydrogens (primary N) is 1. The Labute approximate surface area is 126 Å². The Hall–Kier alpha value is -0.680. The number of hydrazine groups is 1. The second kappa shape index (κ2) is 5.75. The highest BCUT2D eigenvalue weighted by atomic mass is 79.9. The summed E-state index contributed by atoms with van der Waals surface area (Å²) >= 11 is 5.28. The van der Waals surface area contributed by atoms with Crippen LogP contribution in [0.25, 0.3) is 0 Å². The second-order valence-electron chi connectivity index (χ2n) is 5.01. The van der Waals surface area contributed by atoms with E-state index in [-0.39, 0.29) is 6.04 Å². The monoisotopic (exact) mass is 336 g/mol. The van der Waals surface area contributed by atoms with Crippen molar-refractivity contribution < 1.29 is 0 Å². The van der Waals surface area contributed by atoms with Crippen molar-refractivity contribution in [3.05, 3.63) is 55.7 Å². The molecule has 3 rings (SSSR count). The molecule has 1 atom stereocenters. The number of fused-ring (bicyclic) bond motifs is 1. The van der Waals surface area contributed by atoms with Gasteiger partial charge in [0.05, 0.1) is 9.83 Å². The molecule has 4 heteroatoms. The van der Waals surface area contributed by atoms with Crippen LogP contribution >= 0.6 is 27.3 Å². The van der Waals surface area contributed by atoms with Crippen LogP contribution in [0.15, 0.2) is 34.1 Å². The fraction of sp³-hybridized carbons (Fsp3) is 0.333. The van der Waals surface area contributed by atoms with E-state index in [0.29, 0.717) is 0 Å². The van der Waals surface area contributed by atoms with Crippen LogP contribution in [-0.4, -0.2) is 0 Å². The van der Waals surface area contributed by atoms with Crippen molar-refractivity contribution in [3.8, 4) is 0 Å². The summed E-state index contributed by atoms with van der Waals surface area (Å²) in [5, 5.41) is 0. The van der Waals surface area contributed by atoms with Crippen LogP contribution in [0.1, 0.15) is 34.0 Å². The summed E-state index contributed by atoms with van der Waals surface area (Å²) in [6.45, 7) is 0. The van der Waals surface area contributed by atoms with Gasteiger partial charge in [-0.2, -0.15) is 0 Å². The lowest BCUT2D eigenvalue weighted by molar-refractivity contribution is 0.555. The highest BCUT2D eigenvalue weighted by molar-refractivity contribution is 9.11. The molecule has 0 bridgehead atoms. The van der Waals surface area contributed by atoms with Gasteiger partial charge in [-0.1, -0.05) is 18.2 Å². The van der Waals surface area contributed by atoms with Gasteiger partial charge in [0, 0.05) is 11.3 Å². The smallest absolute Gasteiger partial charge is 0.0701 e. The number of thiophene rings is 1. The van der Waals surface area contributed by atoms with E-state index in [9.17, 15) is 0 Å².